The molecule has 0 spiro atoms. The van der Waals surface area contributed by atoms with E-state index >= 15 is 0 Å². The molecule has 0 saturated heterocycles. The SMILES string of the molecule is FC(F)(F)c1ccc(OCc2cccc(-c3cc[nH]n3)c2)c(Cl)c1. The fourth-order valence-electron chi connectivity index (χ4n) is 2.20. The monoisotopic (exact) mass is 352 g/mol. The molecule has 0 amide bonds. The van der Waals surface area contributed by atoms with Crippen molar-refractivity contribution in [2.45, 2.75) is 12.8 Å². The van der Waals surface area contributed by atoms with Crippen LogP contribution >= 0.6 is 11.6 Å². The molecule has 3 rings (SSSR count). The van der Waals surface area contributed by atoms with Crippen LogP contribution in [-0.2, 0) is 12.8 Å². The van der Waals surface area contributed by atoms with Crippen molar-refractivity contribution in [2.75, 3.05) is 0 Å². The van der Waals surface area contributed by atoms with Gasteiger partial charge in [-0.15, -0.1) is 0 Å². The summed E-state index contributed by atoms with van der Waals surface area (Å²) >= 11 is 5.88. The molecule has 0 radical (unpaired) electrons. The molecule has 0 unspecified atom stereocenters. The molecular formula is C17H12ClF3N2O. The quantitative estimate of drug-likeness (QED) is 0.689. The van der Waals surface area contributed by atoms with E-state index in [2.05, 4.69) is 10.2 Å². The lowest BCUT2D eigenvalue weighted by molar-refractivity contribution is -0.137. The van der Waals surface area contributed by atoms with Crippen molar-refractivity contribution in [1.82, 2.24) is 10.2 Å². The smallest absolute Gasteiger partial charge is 0.416 e. The maximum atomic E-state index is 12.6. The van der Waals surface area contributed by atoms with E-state index in [4.69, 9.17) is 16.3 Å². The molecule has 7 heteroatoms. The van der Waals surface area contributed by atoms with Gasteiger partial charge in [0.2, 0.25) is 0 Å². The minimum atomic E-state index is -4.43. The van der Waals surface area contributed by atoms with Crippen molar-refractivity contribution in [2.24, 2.45) is 0 Å². The van der Waals surface area contributed by atoms with Crippen LogP contribution in [0.2, 0.25) is 5.02 Å². The molecule has 1 N–H and O–H groups in total. The largest absolute Gasteiger partial charge is 0.487 e. The number of rotatable bonds is 4. The first-order valence-electron chi connectivity index (χ1n) is 7.02. The number of ether oxygens (including phenoxy) is 1. The topological polar surface area (TPSA) is 37.9 Å². The second-order valence-electron chi connectivity index (χ2n) is 5.09. The van der Waals surface area contributed by atoms with E-state index in [1.54, 1.807) is 6.20 Å². The molecular weight excluding hydrogens is 341 g/mol. The molecule has 1 heterocycles. The zero-order valence-electron chi connectivity index (χ0n) is 12.3. The van der Waals surface area contributed by atoms with Gasteiger partial charge in [-0.2, -0.15) is 18.3 Å². The van der Waals surface area contributed by atoms with Gasteiger partial charge in [0.15, 0.2) is 0 Å². The van der Waals surface area contributed by atoms with E-state index in [-0.39, 0.29) is 17.4 Å². The van der Waals surface area contributed by atoms with Gasteiger partial charge in [-0.05, 0) is 35.9 Å². The molecule has 0 bridgehead atoms. The number of nitrogens with one attached hydrogen (secondary N) is 1. The number of alkyl halides is 3. The van der Waals surface area contributed by atoms with E-state index in [1.165, 1.54) is 6.07 Å². The first-order chi connectivity index (χ1) is 11.4. The van der Waals surface area contributed by atoms with Crippen molar-refractivity contribution < 1.29 is 17.9 Å². The maximum Gasteiger partial charge on any atom is 0.416 e. The highest BCUT2D eigenvalue weighted by atomic mass is 35.5. The summed E-state index contributed by atoms with van der Waals surface area (Å²) in [6.07, 6.45) is -2.71. The van der Waals surface area contributed by atoms with Crippen LogP contribution in [0.4, 0.5) is 13.2 Å². The van der Waals surface area contributed by atoms with Crippen LogP contribution in [0.15, 0.2) is 54.7 Å². The maximum absolute atomic E-state index is 12.6. The van der Waals surface area contributed by atoms with Crippen molar-refractivity contribution in [3.63, 3.8) is 0 Å². The lowest BCUT2D eigenvalue weighted by Gasteiger charge is -2.11. The van der Waals surface area contributed by atoms with Gasteiger partial charge in [0.25, 0.3) is 0 Å². The Morgan fingerprint density at radius 1 is 1.08 bits per heavy atom. The number of halogens is 4. The Morgan fingerprint density at radius 2 is 1.92 bits per heavy atom. The number of H-pyrrole nitrogens is 1. The Hall–Kier alpha value is -2.47. The molecule has 0 aliphatic heterocycles. The summed E-state index contributed by atoms with van der Waals surface area (Å²) < 4.78 is 43.4. The van der Waals surface area contributed by atoms with Gasteiger partial charge < -0.3 is 4.74 Å². The Labute approximate surface area is 141 Å². The molecule has 0 fully saturated rings. The van der Waals surface area contributed by atoms with Crippen LogP contribution in [-0.4, -0.2) is 10.2 Å². The van der Waals surface area contributed by atoms with E-state index in [0.717, 1.165) is 29.0 Å². The lowest BCUT2D eigenvalue weighted by Crippen LogP contribution is -2.05. The lowest BCUT2D eigenvalue weighted by atomic mass is 10.1. The van der Waals surface area contributed by atoms with Crippen molar-refractivity contribution in [3.8, 4) is 17.0 Å². The highest BCUT2D eigenvalue weighted by Crippen LogP contribution is 2.35. The van der Waals surface area contributed by atoms with Gasteiger partial charge in [-0.25, -0.2) is 0 Å². The zero-order chi connectivity index (χ0) is 17.2. The van der Waals surface area contributed by atoms with Gasteiger partial charge in [0.1, 0.15) is 12.4 Å². The van der Waals surface area contributed by atoms with E-state index in [0.29, 0.717) is 0 Å². The molecule has 0 aliphatic carbocycles. The van der Waals surface area contributed by atoms with Gasteiger partial charge in [0.05, 0.1) is 16.3 Å². The highest BCUT2D eigenvalue weighted by molar-refractivity contribution is 6.32. The number of hydrogen-bond acceptors (Lipinski definition) is 2. The van der Waals surface area contributed by atoms with Gasteiger partial charge in [-0.3, -0.25) is 5.10 Å². The summed E-state index contributed by atoms with van der Waals surface area (Å²) in [6.45, 7) is 0.184. The number of benzene rings is 2. The Morgan fingerprint density at radius 3 is 2.58 bits per heavy atom. The van der Waals surface area contributed by atoms with Crippen LogP contribution in [0.25, 0.3) is 11.3 Å². The second-order valence-corrected chi connectivity index (χ2v) is 5.50. The summed E-state index contributed by atoms with van der Waals surface area (Å²) in [5.74, 6) is 0.204. The van der Waals surface area contributed by atoms with E-state index < -0.39 is 11.7 Å². The number of aromatic nitrogens is 2. The number of nitrogens with zero attached hydrogens (tertiary/aromatic N) is 1. The fraction of sp³-hybridized carbons (Fsp3) is 0.118. The Bertz CT molecular complexity index is 832. The van der Waals surface area contributed by atoms with Crippen LogP contribution in [0.5, 0.6) is 5.75 Å². The first-order valence-corrected chi connectivity index (χ1v) is 7.40. The Kier molecular flexibility index (Phi) is 4.49. The summed E-state index contributed by atoms with van der Waals surface area (Å²) in [5, 5.41) is 6.76. The van der Waals surface area contributed by atoms with Gasteiger partial charge in [-0.1, -0.05) is 29.8 Å². The molecule has 24 heavy (non-hydrogen) atoms. The molecule has 0 saturated carbocycles. The summed E-state index contributed by atoms with van der Waals surface area (Å²) in [6, 6.07) is 12.4. The summed E-state index contributed by atoms with van der Waals surface area (Å²) in [7, 11) is 0. The third-order valence-electron chi connectivity index (χ3n) is 3.38. The molecule has 2 aromatic carbocycles. The van der Waals surface area contributed by atoms with Crippen molar-refractivity contribution in [1.29, 1.82) is 0 Å². The summed E-state index contributed by atoms with van der Waals surface area (Å²) in [4.78, 5) is 0. The number of aromatic amines is 1. The summed E-state index contributed by atoms with van der Waals surface area (Å²) in [5.41, 5.74) is 1.76. The molecule has 3 nitrogen and oxygen atoms in total. The zero-order valence-corrected chi connectivity index (χ0v) is 13.0. The van der Waals surface area contributed by atoms with Crippen LogP contribution in [0, 0.1) is 0 Å². The minimum Gasteiger partial charge on any atom is -0.487 e. The number of hydrogen-bond donors (Lipinski definition) is 1. The third kappa shape index (κ3) is 3.71. The van der Waals surface area contributed by atoms with Crippen LogP contribution < -0.4 is 4.74 Å². The standard InChI is InChI=1S/C17H12ClF3N2O/c18-14-9-13(17(19,20)21)4-5-16(14)24-10-11-2-1-3-12(8-11)15-6-7-22-23-15/h1-9H,10H2,(H,22,23). The average Bonchev–Trinajstić information content (AvgIpc) is 3.07. The average molecular weight is 353 g/mol. The molecule has 3 aromatic rings. The second kappa shape index (κ2) is 6.57. The van der Waals surface area contributed by atoms with Crippen LogP contribution in [0.3, 0.4) is 0 Å². The van der Waals surface area contributed by atoms with Crippen molar-refractivity contribution in [3.05, 3.63) is 70.9 Å². The third-order valence-corrected chi connectivity index (χ3v) is 3.67. The van der Waals surface area contributed by atoms with Crippen molar-refractivity contribution >= 4 is 11.6 Å². The highest BCUT2D eigenvalue weighted by Gasteiger charge is 2.31. The predicted octanol–water partition coefficient (Wildman–Crippen LogP) is 5.33. The molecule has 0 atom stereocenters. The van der Waals surface area contributed by atoms with E-state index in [9.17, 15) is 13.2 Å². The molecule has 1 aromatic heterocycles. The normalized spacial score (nSPS) is 11.5. The predicted molar refractivity (Wildman–Crippen MR) is 84.8 cm³/mol. The minimum absolute atomic E-state index is 0.0757. The fourth-order valence-corrected chi connectivity index (χ4v) is 2.43. The van der Waals surface area contributed by atoms with Crippen LogP contribution in [0.1, 0.15) is 11.1 Å². The van der Waals surface area contributed by atoms with Gasteiger partial charge >= 0.3 is 6.18 Å². The van der Waals surface area contributed by atoms with Gasteiger partial charge in [0, 0.05) is 11.8 Å². The van der Waals surface area contributed by atoms with E-state index in [1.807, 2.05) is 30.3 Å². The molecule has 0 aliphatic rings. The first kappa shape index (κ1) is 16.4. The molecule has 124 valence electrons. The Balaban J connectivity index is 1.73.